The summed E-state index contributed by atoms with van der Waals surface area (Å²) >= 11 is 3.38. The number of rotatable bonds is 3. The van der Waals surface area contributed by atoms with Gasteiger partial charge in [0.2, 0.25) is 0 Å². The van der Waals surface area contributed by atoms with Gasteiger partial charge in [0.05, 0.1) is 18.1 Å². The van der Waals surface area contributed by atoms with Gasteiger partial charge in [-0.25, -0.2) is 10.8 Å². The van der Waals surface area contributed by atoms with Gasteiger partial charge in [0.1, 0.15) is 5.69 Å². The molecule has 1 amide bonds. The van der Waals surface area contributed by atoms with E-state index < -0.39 is 0 Å². The monoisotopic (exact) mass is 321 g/mol. The molecule has 0 saturated heterocycles. The Morgan fingerprint density at radius 2 is 2.16 bits per heavy atom. The first kappa shape index (κ1) is 13.4. The minimum atomic E-state index is -0.351. The summed E-state index contributed by atoms with van der Waals surface area (Å²) < 4.78 is 0.799. The molecule has 0 aliphatic carbocycles. The number of carbonyl (C=O) groups excluding carboxylic acids is 1. The minimum Gasteiger partial charge on any atom is -0.320 e. The number of nitrogens with zero attached hydrogens (tertiary/aromatic N) is 2. The van der Waals surface area contributed by atoms with Crippen molar-refractivity contribution in [1.82, 2.24) is 9.97 Å². The molecule has 0 radical (unpaired) electrons. The van der Waals surface area contributed by atoms with Gasteiger partial charge in [-0.2, -0.15) is 0 Å². The van der Waals surface area contributed by atoms with Gasteiger partial charge in [0, 0.05) is 4.47 Å². The second kappa shape index (κ2) is 5.77. The van der Waals surface area contributed by atoms with Crippen LogP contribution < -0.4 is 16.6 Å². The molecule has 1 aromatic carbocycles. The van der Waals surface area contributed by atoms with Gasteiger partial charge in [-0.05, 0) is 40.5 Å². The first-order chi connectivity index (χ1) is 9.10. The molecule has 4 N–H and O–H groups in total. The van der Waals surface area contributed by atoms with Crippen LogP contribution in [-0.4, -0.2) is 15.9 Å². The van der Waals surface area contributed by atoms with Gasteiger partial charge in [0.25, 0.3) is 5.91 Å². The van der Waals surface area contributed by atoms with Gasteiger partial charge in [-0.3, -0.25) is 9.78 Å². The molecule has 98 valence electrons. The van der Waals surface area contributed by atoms with Crippen LogP contribution in [0.25, 0.3) is 0 Å². The molecular formula is C12H12BrN5O. The first-order valence-corrected chi connectivity index (χ1v) is 6.25. The van der Waals surface area contributed by atoms with Crippen molar-refractivity contribution in [2.75, 3.05) is 10.7 Å². The number of hydrogen-bond donors (Lipinski definition) is 3. The van der Waals surface area contributed by atoms with Crippen LogP contribution in [0, 0.1) is 6.92 Å². The highest BCUT2D eigenvalue weighted by Gasteiger charge is 2.11. The summed E-state index contributed by atoms with van der Waals surface area (Å²) in [6.45, 7) is 1.95. The molecule has 1 heterocycles. The lowest BCUT2D eigenvalue weighted by Crippen LogP contribution is -2.17. The average molecular weight is 322 g/mol. The van der Waals surface area contributed by atoms with Crippen molar-refractivity contribution < 1.29 is 4.79 Å². The molecular weight excluding hydrogens is 310 g/mol. The van der Waals surface area contributed by atoms with Crippen molar-refractivity contribution >= 4 is 33.3 Å². The van der Waals surface area contributed by atoms with Gasteiger partial charge in [-0.1, -0.05) is 6.07 Å². The summed E-state index contributed by atoms with van der Waals surface area (Å²) in [5.41, 5.74) is 4.25. The van der Waals surface area contributed by atoms with E-state index in [9.17, 15) is 4.79 Å². The summed E-state index contributed by atoms with van der Waals surface area (Å²) in [6.07, 6.45) is 2.80. The van der Waals surface area contributed by atoms with Gasteiger partial charge in [0.15, 0.2) is 5.82 Å². The number of amides is 1. The van der Waals surface area contributed by atoms with E-state index in [1.54, 1.807) is 0 Å². The molecule has 2 rings (SSSR count). The Morgan fingerprint density at radius 1 is 1.37 bits per heavy atom. The molecule has 0 aliphatic rings. The van der Waals surface area contributed by atoms with E-state index in [1.165, 1.54) is 12.4 Å². The summed E-state index contributed by atoms with van der Waals surface area (Å²) in [4.78, 5) is 19.9. The van der Waals surface area contributed by atoms with Crippen LogP contribution in [-0.2, 0) is 0 Å². The number of nitrogens with one attached hydrogen (secondary N) is 2. The number of anilines is 2. The number of halogens is 1. The summed E-state index contributed by atoms with van der Waals surface area (Å²) in [7, 11) is 0. The van der Waals surface area contributed by atoms with Crippen molar-refractivity contribution in [3.8, 4) is 0 Å². The number of nitrogen functional groups attached to an aromatic ring is 1. The zero-order valence-corrected chi connectivity index (χ0v) is 11.7. The summed E-state index contributed by atoms with van der Waals surface area (Å²) in [5, 5.41) is 2.76. The number of aryl methyl sites for hydroxylation is 1. The molecule has 0 spiro atoms. The highest BCUT2D eigenvalue weighted by molar-refractivity contribution is 9.10. The van der Waals surface area contributed by atoms with Gasteiger partial charge < -0.3 is 10.7 Å². The number of hydrogen-bond acceptors (Lipinski definition) is 5. The third-order valence-corrected chi connectivity index (χ3v) is 3.08. The zero-order valence-electron chi connectivity index (χ0n) is 10.1. The van der Waals surface area contributed by atoms with E-state index in [1.807, 2.05) is 25.1 Å². The van der Waals surface area contributed by atoms with Crippen molar-refractivity contribution in [1.29, 1.82) is 0 Å². The van der Waals surface area contributed by atoms with E-state index in [0.29, 0.717) is 11.5 Å². The highest BCUT2D eigenvalue weighted by Crippen LogP contribution is 2.23. The van der Waals surface area contributed by atoms with Crippen LogP contribution in [0.1, 0.15) is 16.1 Å². The summed E-state index contributed by atoms with van der Waals surface area (Å²) in [6, 6.07) is 5.67. The van der Waals surface area contributed by atoms with Crippen molar-refractivity contribution in [2.24, 2.45) is 5.84 Å². The van der Waals surface area contributed by atoms with Gasteiger partial charge >= 0.3 is 0 Å². The predicted octanol–water partition coefficient (Wildman–Crippen LogP) is 2.09. The topological polar surface area (TPSA) is 92.9 Å². The van der Waals surface area contributed by atoms with Crippen LogP contribution in [0.2, 0.25) is 0 Å². The molecule has 1 aromatic heterocycles. The van der Waals surface area contributed by atoms with Crippen LogP contribution in [0.5, 0.6) is 0 Å². The molecule has 0 saturated carbocycles. The predicted molar refractivity (Wildman–Crippen MR) is 76.7 cm³/mol. The van der Waals surface area contributed by atoms with E-state index in [0.717, 1.165) is 10.0 Å². The maximum atomic E-state index is 12.0. The minimum absolute atomic E-state index is 0.184. The molecule has 0 fully saturated rings. The fourth-order valence-corrected chi connectivity index (χ4v) is 1.81. The second-order valence-electron chi connectivity index (χ2n) is 3.87. The van der Waals surface area contributed by atoms with Crippen LogP contribution in [0.15, 0.2) is 35.1 Å². The molecule has 19 heavy (non-hydrogen) atoms. The zero-order chi connectivity index (χ0) is 13.8. The Labute approximate surface area is 118 Å². The quantitative estimate of drug-likeness (QED) is 0.594. The Bertz CT molecular complexity index is 617. The van der Waals surface area contributed by atoms with E-state index in [-0.39, 0.29) is 11.6 Å². The third-order valence-electron chi connectivity index (χ3n) is 2.39. The molecule has 0 aliphatic heterocycles. The number of carbonyl (C=O) groups is 1. The third kappa shape index (κ3) is 3.27. The standard InChI is InChI=1S/C12H12BrN5O/c1-7-2-3-8(13)9(4-7)17-12(19)10-5-15-6-11(16-10)18-14/h2-6H,14H2,1H3,(H,16,18)(H,17,19). The first-order valence-electron chi connectivity index (χ1n) is 5.46. The average Bonchev–Trinajstić information content (AvgIpc) is 2.43. The van der Waals surface area contributed by atoms with E-state index >= 15 is 0 Å². The fourth-order valence-electron chi connectivity index (χ4n) is 1.47. The Balaban J connectivity index is 2.22. The van der Waals surface area contributed by atoms with Crippen molar-refractivity contribution in [3.63, 3.8) is 0 Å². The lowest BCUT2D eigenvalue weighted by atomic mass is 10.2. The maximum Gasteiger partial charge on any atom is 0.275 e. The largest absolute Gasteiger partial charge is 0.320 e. The maximum absolute atomic E-state index is 12.0. The second-order valence-corrected chi connectivity index (χ2v) is 4.73. The van der Waals surface area contributed by atoms with Crippen LogP contribution in [0.4, 0.5) is 11.5 Å². The molecule has 0 bridgehead atoms. The SMILES string of the molecule is Cc1ccc(Br)c(NC(=O)c2cncc(NN)n2)c1. The number of nitrogens with two attached hydrogens (primary N) is 1. The number of hydrazine groups is 1. The van der Waals surface area contributed by atoms with Crippen molar-refractivity contribution in [3.05, 3.63) is 46.3 Å². The smallest absolute Gasteiger partial charge is 0.275 e. The Kier molecular flexibility index (Phi) is 4.08. The van der Waals surface area contributed by atoms with Crippen molar-refractivity contribution in [2.45, 2.75) is 6.92 Å². The molecule has 0 atom stereocenters. The van der Waals surface area contributed by atoms with Gasteiger partial charge in [-0.15, -0.1) is 0 Å². The molecule has 7 heteroatoms. The van der Waals surface area contributed by atoms with Crippen LogP contribution >= 0.6 is 15.9 Å². The summed E-state index contributed by atoms with van der Waals surface area (Å²) in [5.74, 6) is 5.20. The fraction of sp³-hybridized carbons (Fsp3) is 0.0833. The van der Waals surface area contributed by atoms with Crippen LogP contribution in [0.3, 0.4) is 0 Å². The number of aromatic nitrogens is 2. The molecule has 2 aromatic rings. The Morgan fingerprint density at radius 3 is 2.89 bits per heavy atom. The lowest BCUT2D eigenvalue weighted by Gasteiger charge is -2.08. The normalized spacial score (nSPS) is 10.1. The van der Waals surface area contributed by atoms with E-state index in [4.69, 9.17) is 5.84 Å². The lowest BCUT2D eigenvalue weighted by molar-refractivity contribution is 0.102. The highest BCUT2D eigenvalue weighted by atomic mass is 79.9. The number of benzene rings is 1. The van der Waals surface area contributed by atoms with E-state index in [2.05, 4.69) is 36.6 Å². The molecule has 6 nitrogen and oxygen atoms in total. The molecule has 0 unspecified atom stereocenters. The Hall–Kier alpha value is -1.99.